The Morgan fingerprint density at radius 2 is 1.89 bits per heavy atom. The summed E-state index contributed by atoms with van der Waals surface area (Å²) >= 11 is 6.09. The van der Waals surface area contributed by atoms with Crippen molar-refractivity contribution >= 4 is 35.1 Å². The molecule has 0 aliphatic carbocycles. The van der Waals surface area contributed by atoms with Gasteiger partial charge in [0.2, 0.25) is 5.95 Å². The molecule has 2 aromatic heterocycles. The second-order valence-corrected chi connectivity index (χ2v) is 6.06. The Labute approximate surface area is 166 Å². The molecule has 3 rings (SSSR count). The van der Waals surface area contributed by atoms with Crippen LogP contribution < -0.4 is 10.6 Å². The second kappa shape index (κ2) is 8.92. The molecule has 3 aromatic rings. The van der Waals surface area contributed by atoms with E-state index in [-0.39, 0.29) is 21.8 Å². The van der Waals surface area contributed by atoms with Crippen molar-refractivity contribution in [3.8, 4) is 0 Å². The number of aromatic nitrogens is 3. The van der Waals surface area contributed by atoms with Gasteiger partial charge in [-0.2, -0.15) is 0 Å². The van der Waals surface area contributed by atoms with Crippen molar-refractivity contribution in [2.24, 2.45) is 0 Å². The van der Waals surface area contributed by atoms with Gasteiger partial charge in [-0.1, -0.05) is 17.7 Å². The predicted molar refractivity (Wildman–Crippen MR) is 104 cm³/mol. The fraction of sp³-hybridized carbons (Fsp3) is 0.105. The third-order valence-electron chi connectivity index (χ3n) is 3.72. The van der Waals surface area contributed by atoms with E-state index in [1.54, 1.807) is 12.4 Å². The van der Waals surface area contributed by atoms with Crippen LogP contribution in [0.4, 0.5) is 11.6 Å². The highest BCUT2D eigenvalue weighted by molar-refractivity contribution is 6.34. The van der Waals surface area contributed by atoms with Crippen molar-refractivity contribution in [2.75, 3.05) is 17.7 Å². The number of carbonyl (C=O) groups is 2. The van der Waals surface area contributed by atoms with E-state index in [9.17, 15) is 9.59 Å². The van der Waals surface area contributed by atoms with Gasteiger partial charge in [-0.25, -0.2) is 14.8 Å². The van der Waals surface area contributed by atoms with Gasteiger partial charge < -0.3 is 15.4 Å². The fourth-order valence-corrected chi connectivity index (χ4v) is 2.45. The molecule has 1 amide bonds. The van der Waals surface area contributed by atoms with Crippen LogP contribution in [-0.2, 0) is 11.3 Å². The molecule has 0 unspecified atom stereocenters. The summed E-state index contributed by atoms with van der Waals surface area (Å²) in [5, 5.41) is 5.97. The number of rotatable bonds is 6. The number of carbonyl (C=O) groups excluding carboxylic acids is 2. The van der Waals surface area contributed by atoms with Crippen LogP contribution in [0.15, 0.2) is 55.1 Å². The molecule has 0 saturated carbocycles. The lowest BCUT2D eigenvalue weighted by Crippen LogP contribution is -2.14. The average molecular weight is 398 g/mol. The lowest BCUT2D eigenvalue weighted by atomic mass is 10.2. The van der Waals surface area contributed by atoms with Crippen molar-refractivity contribution < 1.29 is 14.3 Å². The molecule has 0 radical (unpaired) electrons. The molecule has 2 heterocycles. The molecule has 0 saturated heterocycles. The van der Waals surface area contributed by atoms with Crippen molar-refractivity contribution in [3.05, 3.63) is 76.8 Å². The Hall–Kier alpha value is -3.52. The second-order valence-electron chi connectivity index (χ2n) is 5.65. The van der Waals surface area contributed by atoms with Gasteiger partial charge in [0.1, 0.15) is 0 Å². The van der Waals surface area contributed by atoms with Crippen LogP contribution in [0, 0.1) is 0 Å². The molecule has 0 atom stereocenters. The van der Waals surface area contributed by atoms with Crippen LogP contribution >= 0.6 is 11.6 Å². The van der Waals surface area contributed by atoms with Crippen LogP contribution in [0.25, 0.3) is 0 Å². The normalized spacial score (nSPS) is 10.2. The molecule has 28 heavy (non-hydrogen) atoms. The SMILES string of the molecule is COC(=O)c1ccc(Cl)c(NC(=O)c2cnc(NCc3cccnc3)nc2)c1. The zero-order valence-corrected chi connectivity index (χ0v) is 15.6. The molecule has 1 aromatic carbocycles. The van der Waals surface area contributed by atoms with E-state index < -0.39 is 11.9 Å². The van der Waals surface area contributed by atoms with Crippen molar-refractivity contribution in [1.29, 1.82) is 0 Å². The number of nitrogens with one attached hydrogen (secondary N) is 2. The van der Waals surface area contributed by atoms with Crippen LogP contribution in [0.3, 0.4) is 0 Å². The number of halogens is 1. The highest BCUT2D eigenvalue weighted by Gasteiger charge is 2.13. The maximum Gasteiger partial charge on any atom is 0.337 e. The van der Waals surface area contributed by atoms with Gasteiger partial charge in [-0.05, 0) is 29.8 Å². The molecule has 0 aliphatic heterocycles. The number of amides is 1. The standard InChI is InChI=1S/C19H16ClN5O3/c1-28-18(27)13-4-5-15(20)16(7-13)25-17(26)14-10-23-19(24-11-14)22-9-12-3-2-6-21-8-12/h2-8,10-11H,9H2,1H3,(H,25,26)(H,22,23,24). The van der Waals surface area contributed by atoms with E-state index in [2.05, 4.69) is 30.3 Å². The van der Waals surface area contributed by atoms with Gasteiger partial charge >= 0.3 is 5.97 Å². The first-order valence-corrected chi connectivity index (χ1v) is 8.58. The summed E-state index contributed by atoms with van der Waals surface area (Å²) in [4.78, 5) is 36.3. The first-order valence-electron chi connectivity index (χ1n) is 8.21. The summed E-state index contributed by atoms with van der Waals surface area (Å²) in [5.74, 6) is -0.603. The summed E-state index contributed by atoms with van der Waals surface area (Å²) in [7, 11) is 1.27. The van der Waals surface area contributed by atoms with Gasteiger partial charge in [0.15, 0.2) is 0 Å². The minimum atomic E-state index is -0.528. The third kappa shape index (κ3) is 4.80. The Bertz CT molecular complexity index is 981. The van der Waals surface area contributed by atoms with Crippen LogP contribution in [0.5, 0.6) is 0 Å². The molecular formula is C19H16ClN5O3. The molecule has 0 fully saturated rings. The van der Waals surface area contributed by atoms with Crippen molar-refractivity contribution in [3.63, 3.8) is 0 Å². The molecule has 0 bridgehead atoms. The number of methoxy groups -OCH3 is 1. The van der Waals surface area contributed by atoms with E-state index in [0.717, 1.165) is 5.56 Å². The molecule has 9 heteroatoms. The zero-order chi connectivity index (χ0) is 19.9. The summed E-state index contributed by atoms with van der Waals surface area (Å²) in [6.07, 6.45) is 6.22. The first kappa shape index (κ1) is 19.2. The van der Waals surface area contributed by atoms with Crippen molar-refractivity contribution in [1.82, 2.24) is 15.0 Å². The number of hydrogen-bond acceptors (Lipinski definition) is 7. The topological polar surface area (TPSA) is 106 Å². The number of anilines is 2. The average Bonchev–Trinajstić information content (AvgIpc) is 2.74. The van der Waals surface area contributed by atoms with Gasteiger partial charge in [-0.3, -0.25) is 9.78 Å². The number of ether oxygens (including phenoxy) is 1. The molecule has 0 aliphatic rings. The van der Waals surface area contributed by atoms with E-state index in [0.29, 0.717) is 12.5 Å². The Morgan fingerprint density at radius 3 is 2.57 bits per heavy atom. The number of nitrogens with zero attached hydrogens (tertiary/aromatic N) is 3. The molecular weight excluding hydrogens is 382 g/mol. The lowest BCUT2D eigenvalue weighted by Gasteiger charge is -2.09. The van der Waals surface area contributed by atoms with Crippen LogP contribution in [0.2, 0.25) is 5.02 Å². The summed E-state index contributed by atoms with van der Waals surface area (Å²) < 4.78 is 4.66. The highest BCUT2D eigenvalue weighted by atomic mass is 35.5. The van der Waals surface area contributed by atoms with Gasteiger partial charge in [-0.15, -0.1) is 0 Å². The molecule has 2 N–H and O–H groups in total. The Balaban J connectivity index is 1.65. The van der Waals surface area contributed by atoms with Gasteiger partial charge in [0.05, 0.1) is 28.9 Å². The third-order valence-corrected chi connectivity index (χ3v) is 4.05. The molecule has 8 nitrogen and oxygen atoms in total. The maximum atomic E-state index is 12.4. The first-order chi connectivity index (χ1) is 13.6. The zero-order valence-electron chi connectivity index (χ0n) is 14.8. The predicted octanol–water partition coefficient (Wildman–Crippen LogP) is 3.18. The number of pyridine rings is 1. The van der Waals surface area contributed by atoms with Crippen molar-refractivity contribution in [2.45, 2.75) is 6.54 Å². The minimum Gasteiger partial charge on any atom is -0.465 e. The number of benzene rings is 1. The summed E-state index contributed by atoms with van der Waals surface area (Å²) in [6.45, 7) is 0.509. The Kier molecular flexibility index (Phi) is 6.13. The maximum absolute atomic E-state index is 12.4. The summed E-state index contributed by atoms with van der Waals surface area (Å²) in [5.41, 5.74) is 1.78. The quantitative estimate of drug-likeness (QED) is 0.615. The summed E-state index contributed by atoms with van der Waals surface area (Å²) in [6, 6.07) is 8.22. The van der Waals surface area contributed by atoms with Gasteiger partial charge in [0, 0.05) is 31.3 Å². The number of hydrogen-bond donors (Lipinski definition) is 2. The van der Waals surface area contributed by atoms with E-state index >= 15 is 0 Å². The highest BCUT2D eigenvalue weighted by Crippen LogP contribution is 2.24. The van der Waals surface area contributed by atoms with Crippen LogP contribution in [0.1, 0.15) is 26.3 Å². The van der Waals surface area contributed by atoms with E-state index in [4.69, 9.17) is 11.6 Å². The largest absolute Gasteiger partial charge is 0.465 e. The number of esters is 1. The van der Waals surface area contributed by atoms with E-state index in [1.165, 1.54) is 37.7 Å². The fourth-order valence-electron chi connectivity index (χ4n) is 2.28. The van der Waals surface area contributed by atoms with Crippen LogP contribution in [-0.4, -0.2) is 33.9 Å². The van der Waals surface area contributed by atoms with Gasteiger partial charge in [0.25, 0.3) is 5.91 Å². The molecule has 142 valence electrons. The monoisotopic (exact) mass is 397 g/mol. The van der Waals surface area contributed by atoms with E-state index in [1.807, 2.05) is 12.1 Å². The molecule has 0 spiro atoms. The lowest BCUT2D eigenvalue weighted by molar-refractivity contribution is 0.0600. The Morgan fingerprint density at radius 1 is 1.11 bits per heavy atom. The smallest absolute Gasteiger partial charge is 0.337 e. The minimum absolute atomic E-state index is 0.242.